The van der Waals surface area contributed by atoms with Crippen LogP contribution in [0.2, 0.25) is 0 Å². The van der Waals surface area contributed by atoms with Crippen LogP contribution in [0.4, 0.5) is 0 Å². The van der Waals surface area contributed by atoms with Crippen molar-refractivity contribution in [2.45, 2.75) is 11.3 Å². The first-order chi connectivity index (χ1) is 7.83. The normalized spacial score (nSPS) is 10.6. The molecule has 0 saturated carbocycles. The molecule has 0 spiro atoms. The van der Waals surface area contributed by atoms with E-state index in [1.807, 2.05) is 0 Å². The lowest BCUT2D eigenvalue weighted by molar-refractivity contribution is 0.902. The lowest BCUT2D eigenvalue weighted by atomic mass is 10.1. The Morgan fingerprint density at radius 2 is 2.06 bits per heavy atom. The summed E-state index contributed by atoms with van der Waals surface area (Å²) in [7, 11) is 0. The largest absolute Gasteiger partial charge is 0.330 e. The summed E-state index contributed by atoms with van der Waals surface area (Å²) in [6, 6.07) is 10.5. The van der Waals surface area contributed by atoms with E-state index in [1.54, 1.807) is 11.8 Å². The maximum absolute atomic E-state index is 5.50. The number of H-pyrrole nitrogens is 1. The molecule has 2 aromatic rings. The van der Waals surface area contributed by atoms with Gasteiger partial charge in [0.15, 0.2) is 0 Å². The van der Waals surface area contributed by atoms with Gasteiger partial charge in [0.1, 0.15) is 0 Å². The van der Waals surface area contributed by atoms with E-state index in [9.17, 15) is 0 Å². The van der Waals surface area contributed by atoms with Crippen molar-refractivity contribution in [2.24, 2.45) is 5.73 Å². The minimum Gasteiger partial charge on any atom is -0.330 e. The predicted molar refractivity (Wildman–Crippen MR) is 68.6 cm³/mol. The quantitative estimate of drug-likeness (QED) is 0.797. The molecule has 0 bridgehead atoms. The molecule has 0 aliphatic rings. The fourth-order valence-corrected chi connectivity index (χ4v) is 1.96. The highest BCUT2D eigenvalue weighted by atomic mass is 32.2. The summed E-state index contributed by atoms with van der Waals surface area (Å²) in [6.45, 7) is 0.646. The van der Waals surface area contributed by atoms with Gasteiger partial charge >= 0.3 is 0 Å². The first-order valence-electron chi connectivity index (χ1n) is 5.22. The van der Waals surface area contributed by atoms with Gasteiger partial charge in [0.05, 0.1) is 5.69 Å². The summed E-state index contributed by atoms with van der Waals surface area (Å²) < 4.78 is 0. The summed E-state index contributed by atoms with van der Waals surface area (Å²) in [5.74, 6) is 0. The third kappa shape index (κ3) is 2.46. The third-order valence-corrected chi connectivity index (χ3v) is 3.17. The highest BCUT2D eigenvalue weighted by molar-refractivity contribution is 7.98. The highest BCUT2D eigenvalue weighted by Crippen LogP contribution is 2.21. The van der Waals surface area contributed by atoms with E-state index in [2.05, 4.69) is 46.8 Å². The standard InChI is InChI=1S/C12H15N3S/c1-16-11-4-2-9(3-5-11)12-8-10(6-7-13)14-15-12/h2-5,8H,6-7,13H2,1H3,(H,14,15). The molecule has 0 aliphatic carbocycles. The zero-order chi connectivity index (χ0) is 11.4. The van der Waals surface area contributed by atoms with E-state index in [1.165, 1.54) is 4.90 Å². The molecule has 0 fully saturated rings. The van der Waals surface area contributed by atoms with E-state index in [4.69, 9.17) is 5.73 Å². The molecule has 3 nitrogen and oxygen atoms in total. The van der Waals surface area contributed by atoms with Gasteiger partial charge in [0.25, 0.3) is 0 Å². The van der Waals surface area contributed by atoms with Crippen LogP contribution in [-0.4, -0.2) is 23.0 Å². The maximum Gasteiger partial charge on any atom is 0.0923 e. The second kappa shape index (κ2) is 5.18. The number of nitrogens with zero attached hydrogens (tertiary/aromatic N) is 1. The first-order valence-corrected chi connectivity index (χ1v) is 6.44. The summed E-state index contributed by atoms with van der Waals surface area (Å²) in [6.07, 6.45) is 2.92. The zero-order valence-electron chi connectivity index (χ0n) is 9.23. The fraction of sp³-hybridized carbons (Fsp3) is 0.250. The van der Waals surface area contributed by atoms with Gasteiger partial charge in [0, 0.05) is 22.6 Å². The van der Waals surface area contributed by atoms with Crippen LogP contribution in [0.5, 0.6) is 0 Å². The van der Waals surface area contributed by atoms with Crippen molar-refractivity contribution in [3.05, 3.63) is 36.0 Å². The summed E-state index contributed by atoms with van der Waals surface area (Å²) in [5, 5.41) is 7.27. The van der Waals surface area contributed by atoms with Crippen molar-refractivity contribution in [1.82, 2.24) is 10.2 Å². The Labute approximate surface area is 99.4 Å². The second-order valence-corrected chi connectivity index (χ2v) is 4.43. The first kappa shape index (κ1) is 11.2. The molecule has 1 aromatic carbocycles. The number of benzene rings is 1. The molecule has 2 rings (SSSR count). The minimum atomic E-state index is 0.646. The van der Waals surface area contributed by atoms with Gasteiger partial charge in [-0.1, -0.05) is 12.1 Å². The molecule has 0 radical (unpaired) electrons. The molecular formula is C12H15N3S. The van der Waals surface area contributed by atoms with E-state index < -0.39 is 0 Å². The van der Waals surface area contributed by atoms with Gasteiger partial charge in [-0.2, -0.15) is 5.10 Å². The topological polar surface area (TPSA) is 54.7 Å². The minimum absolute atomic E-state index is 0.646. The van der Waals surface area contributed by atoms with Crippen molar-refractivity contribution >= 4 is 11.8 Å². The highest BCUT2D eigenvalue weighted by Gasteiger charge is 2.03. The van der Waals surface area contributed by atoms with Gasteiger partial charge in [-0.3, -0.25) is 5.10 Å². The molecule has 0 saturated heterocycles. The molecular weight excluding hydrogens is 218 g/mol. The molecule has 0 atom stereocenters. The summed E-state index contributed by atoms with van der Waals surface area (Å²) in [5.41, 5.74) is 8.70. The van der Waals surface area contributed by atoms with Crippen molar-refractivity contribution in [2.75, 3.05) is 12.8 Å². The Morgan fingerprint density at radius 1 is 1.31 bits per heavy atom. The summed E-state index contributed by atoms with van der Waals surface area (Å²) in [4.78, 5) is 1.27. The van der Waals surface area contributed by atoms with Crippen LogP contribution in [0.3, 0.4) is 0 Å². The van der Waals surface area contributed by atoms with Crippen LogP contribution in [0.25, 0.3) is 11.3 Å². The number of nitrogens with two attached hydrogens (primary N) is 1. The number of aromatic nitrogens is 2. The van der Waals surface area contributed by atoms with Crippen molar-refractivity contribution < 1.29 is 0 Å². The van der Waals surface area contributed by atoms with Crippen LogP contribution in [0.1, 0.15) is 5.69 Å². The van der Waals surface area contributed by atoms with Crippen molar-refractivity contribution in [3.63, 3.8) is 0 Å². The Hall–Kier alpha value is -1.26. The summed E-state index contributed by atoms with van der Waals surface area (Å²) >= 11 is 1.74. The molecule has 3 N–H and O–H groups in total. The van der Waals surface area contributed by atoms with E-state index in [-0.39, 0.29) is 0 Å². The Balaban J connectivity index is 2.21. The number of rotatable bonds is 4. The number of nitrogens with one attached hydrogen (secondary N) is 1. The molecule has 0 unspecified atom stereocenters. The van der Waals surface area contributed by atoms with Gasteiger partial charge in [-0.25, -0.2) is 0 Å². The van der Waals surface area contributed by atoms with Crippen LogP contribution in [0.15, 0.2) is 35.2 Å². The molecule has 1 aromatic heterocycles. The Kier molecular flexibility index (Phi) is 3.64. The third-order valence-electron chi connectivity index (χ3n) is 2.43. The predicted octanol–water partition coefficient (Wildman–Crippen LogP) is 2.30. The van der Waals surface area contributed by atoms with Crippen LogP contribution >= 0.6 is 11.8 Å². The molecule has 0 aliphatic heterocycles. The van der Waals surface area contributed by atoms with Gasteiger partial charge in [0.2, 0.25) is 0 Å². The molecule has 84 valence electrons. The monoisotopic (exact) mass is 233 g/mol. The average molecular weight is 233 g/mol. The van der Waals surface area contributed by atoms with Crippen LogP contribution < -0.4 is 5.73 Å². The molecule has 4 heteroatoms. The lowest BCUT2D eigenvalue weighted by Gasteiger charge is -1.98. The van der Waals surface area contributed by atoms with E-state index in [0.29, 0.717) is 6.54 Å². The van der Waals surface area contributed by atoms with Gasteiger partial charge in [-0.15, -0.1) is 11.8 Å². The maximum atomic E-state index is 5.50. The SMILES string of the molecule is CSc1ccc(-c2cc(CCN)[nH]n2)cc1. The average Bonchev–Trinajstić information content (AvgIpc) is 2.78. The molecule has 1 heterocycles. The van der Waals surface area contributed by atoms with Crippen LogP contribution in [-0.2, 0) is 6.42 Å². The number of thioether (sulfide) groups is 1. The van der Waals surface area contributed by atoms with Crippen LogP contribution in [0, 0.1) is 0 Å². The Morgan fingerprint density at radius 3 is 2.69 bits per heavy atom. The lowest BCUT2D eigenvalue weighted by Crippen LogP contribution is -2.02. The Bertz CT molecular complexity index is 448. The van der Waals surface area contributed by atoms with Crippen molar-refractivity contribution in [1.29, 1.82) is 0 Å². The van der Waals surface area contributed by atoms with Gasteiger partial charge in [-0.05, 0) is 31.0 Å². The van der Waals surface area contributed by atoms with E-state index in [0.717, 1.165) is 23.4 Å². The van der Waals surface area contributed by atoms with E-state index >= 15 is 0 Å². The molecule has 16 heavy (non-hydrogen) atoms. The number of aromatic amines is 1. The second-order valence-electron chi connectivity index (χ2n) is 3.55. The fourth-order valence-electron chi connectivity index (χ4n) is 1.55. The smallest absolute Gasteiger partial charge is 0.0923 e. The van der Waals surface area contributed by atoms with Gasteiger partial charge < -0.3 is 5.73 Å². The number of hydrogen-bond donors (Lipinski definition) is 2. The zero-order valence-corrected chi connectivity index (χ0v) is 10.1. The number of hydrogen-bond acceptors (Lipinski definition) is 3. The van der Waals surface area contributed by atoms with Crippen molar-refractivity contribution in [3.8, 4) is 11.3 Å². The molecule has 0 amide bonds.